The number of carbonyl (C=O) groups is 4. The lowest BCUT2D eigenvalue weighted by Gasteiger charge is -2.30. The van der Waals surface area contributed by atoms with Crippen molar-refractivity contribution >= 4 is 23.9 Å². The molecule has 0 rings (SSSR count). The molecule has 0 aliphatic heterocycles. The van der Waals surface area contributed by atoms with E-state index in [-0.39, 0.29) is 12.7 Å². The van der Waals surface area contributed by atoms with E-state index < -0.39 is 56.1 Å². The van der Waals surface area contributed by atoms with Crippen LogP contribution in [-0.2, 0) is 19.2 Å². The molecule has 0 amide bonds. The Morgan fingerprint density at radius 1 is 0.773 bits per heavy atom. The van der Waals surface area contributed by atoms with Gasteiger partial charge in [-0.05, 0) is 6.92 Å². The minimum absolute atomic E-state index is 0. The summed E-state index contributed by atoms with van der Waals surface area (Å²) in [6, 6.07) is -0.643. The van der Waals surface area contributed by atoms with Gasteiger partial charge in [0.15, 0.2) is 0 Å². The van der Waals surface area contributed by atoms with Crippen LogP contribution in [-0.4, -0.2) is 92.9 Å². The summed E-state index contributed by atoms with van der Waals surface area (Å²) in [5, 5.41) is 34.9. The lowest BCUT2D eigenvalue weighted by atomic mass is 10.2. The van der Waals surface area contributed by atoms with E-state index in [1.807, 2.05) is 0 Å². The van der Waals surface area contributed by atoms with Crippen LogP contribution in [0.3, 0.4) is 0 Å². The van der Waals surface area contributed by atoms with Crippen LogP contribution in [0.15, 0.2) is 0 Å². The van der Waals surface area contributed by atoms with Gasteiger partial charge in [-0.3, -0.25) is 29.0 Å². The van der Waals surface area contributed by atoms with E-state index in [0.29, 0.717) is 0 Å². The van der Waals surface area contributed by atoms with Crippen molar-refractivity contribution in [3.8, 4) is 0 Å². The SMILES string of the molecule is CC(CN(CC(=O)O)CC(=O)O)N(CC(=O)O)CC(=O)O.N. The Morgan fingerprint density at radius 3 is 1.36 bits per heavy atom. The van der Waals surface area contributed by atoms with E-state index in [4.69, 9.17) is 20.4 Å². The Kier molecular flexibility index (Phi) is 10.5. The summed E-state index contributed by atoms with van der Waals surface area (Å²) in [7, 11) is 0. The second-order valence-electron chi connectivity index (χ2n) is 4.50. The normalized spacial score (nSPS) is 11.8. The second kappa shape index (κ2) is 10.5. The first-order valence-corrected chi connectivity index (χ1v) is 5.95. The Hall–Kier alpha value is -2.24. The van der Waals surface area contributed by atoms with E-state index in [9.17, 15) is 19.2 Å². The van der Waals surface area contributed by atoms with Crippen molar-refractivity contribution in [1.29, 1.82) is 0 Å². The topological polar surface area (TPSA) is 191 Å². The van der Waals surface area contributed by atoms with Crippen LogP contribution in [0.4, 0.5) is 0 Å². The van der Waals surface area contributed by atoms with Crippen molar-refractivity contribution in [3.63, 3.8) is 0 Å². The minimum atomic E-state index is -1.23. The van der Waals surface area contributed by atoms with Gasteiger partial charge in [0.05, 0.1) is 26.2 Å². The molecule has 1 atom stereocenters. The Bertz CT molecular complexity index is 382. The number of nitrogens with zero attached hydrogens (tertiary/aromatic N) is 2. The fourth-order valence-electron chi connectivity index (χ4n) is 1.77. The summed E-state index contributed by atoms with van der Waals surface area (Å²) in [6.07, 6.45) is 0. The first-order valence-electron chi connectivity index (χ1n) is 5.95. The van der Waals surface area contributed by atoms with Crippen LogP contribution in [0.25, 0.3) is 0 Å². The highest BCUT2D eigenvalue weighted by Gasteiger charge is 2.23. The quantitative estimate of drug-likeness (QED) is 0.296. The zero-order chi connectivity index (χ0) is 16.6. The molecule has 1 unspecified atom stereocenters. The van der Waals surface area contributed by atoms with E-state index in [1.54, 1.807) is 0 Å². The fraction of sp³-hybridized carbons (Fsp3) is 0.636. The maximum Gasteiger partial charge on any atom is 0.317 e. The van der Waals surface area contributed by atoms with E-state index in [0.717, 1.165) is 9.80 Å². The lowest BCUT2D eigenvalue weighted by molar-refractivity contribution is -0.146. The minimum Gasteiger partial charge on any atom is -0.480 e. The molecule has 0 aliphatic rings. The lowest BCUT2D eigenvalue weighted by Crippen LogP contribution is -2.48. The third-order valence-electron chi connectivity index (χ3n) is 2.54. The highest BCUT2D eigenvalue weighted by atomic mass is 16.4. The van der Waals surface area contributed by atoms with Crippen LogP contribution < -0.4 is 6.15 Å². The van der Waals surface area contributed by atoms with Gasteiger partial charge in [0.25, 0.3) is 0 Å². The van der Waals surface area contributed by atoms with Crippen LogP contribution in [0.5, 0.6) is 0 Å². The molecular weight excluding hydrogens is 302 g/mol. The summed E-state index contributed by atoms with van der Waals surface area (Å²) in [5.74, 6) is -4.92. The molecule has 7 N–H and O–H groups in total. The molecule has 0 saturated carbocycles. The van der Waals surface area contributed by atoms with Crippen LogP contribution in [0.2, 0.25) is 0 Å². The number of carboxylic acid groups (broad SMARTS) is 4. The van der Waals surface area contributed by atoms with Crippen molar-refractivity contribution in [1.82, 2.24) is 16.0 Å². The molecule has 0 aromatic carbocycles. The summed E-state index contributed by atoms with van der Waals surface area (Å²) in [4.78, 5) is 44.9. The third kappa shape index (κ3) is 10.5. The summed E-state index contributed by atoms with van der Waals surface area (Å²) in [6.45, 7) is -0.736. The first kappa shape index (κ1) is 22.0. The summed E-state index contributed by atoms with van der Waals surface area (Å²) >= 11 is 0. The van der Waals surface area contributed by atoms with Gasteiger partial charge in [0.1, 0.15) is 0 Å². The highest BCUT2D eigenvalue weighted by Crippen LogP contribution is 2.03. The molecule has 0 heterocycles. The number of hydrogen-bond acceptors (Lipinski definition) is 7. The van der Waals surface area contributed by atoms with Crippen molar-refractivity contribution in [2.24, 2.45) is 0 Å². The third-order valence-corrected chi connectivity index (χ3v) is 2.54. The van der Waals surface area contributed by atoms with Gasteiger partial charge < -0.3 is 26.6 Å². The van der Waals surface area contributed by atoms with Crippen LogP contribution in [0.1, 0.15) is 6.92 Å². The monoisotopic (exact) mass is 323 g/mol. The van der Waals surface area contributed by atoms with Gasteiger partial charge >= 0.3 is 23.9 Å². The summed E-state index contributed by atoms with van der Waals surface area (Å²) < 4.78 is 0. The zero-order valence-corrected chi connectivity index (χ0v) is 12.1. The smallest absolute Gasteiger partial charge is 0.317 e. The van der Waals surface area contributed by atoms with Crippen molar-refractivity contribution in [2.75, 3.05) is 32.7 Å². The number of hydrogen-bond donors (Lipinski definition) is 5. The van der Waals surface area contributed by atoms with Gasteiger partial charge in [-0.1, -0.05) is 0 Å². The van der Waals surface area contributed by atoms with Gasteiger partial charge in [-0.15, -0.1) is 0 Å². The first-order chi connectivity index (χ1) is 9.61. The molecule has 0 saturated heterocycles. The predicted molar refractivity (Wildman–Crippen MR) is 73.0 cm³/mol. The fourth-order valence-corrected chi connectivity index (χ4v) is 1.77. The van der Waals surface area contributed by atoms with Gasteiger partial charge in [-0.25, -0.2) is 0 Å². The molecule has 0 spiro atoms. The molecular formula is C11H21N3O8. The maximum atomic E-state index is 10.7. The molecule has 0 aromatic rings. The zero-order valence-electron chi connectivity index (χ0n) is 12.1. The van der Waals surface area contributed by atoms with Gasteiger partial charge in [0, 0.05) is 12.6 Å². The van der Waals surface area contributed by atoms with Gasteiger partial charge in [-0.2, -0.15) is 0 Å². The molecule has 0 fully saturated rings. The molecule has 22 heavy (non-hydrogen) atoms. The van der Waals surface area contributed by atoms with Crippen LogP contribution in [0, 0.1) is 0 Å². The predicted octanol–water partition coefficient (Wildman–Crippen LogP) is -1.52. The molecule has 0 aliphatic carbocycles. The maximum absolute atomic E-state index is 10.7. The van der Waals surface area contributed by atoms with E-state index in [2.05, 4.69) is 0 Å². The number of aliphatic carboxylic acids is 4. The molecule has 128 valence electrons. The standard InChI is InChI=1S/C11H18N2O8.H3N/c1-7(13(5-10(18)19)6-11(20)21)2-12(3-8(14)15)4-9(16)17;/h7H,2-6H2,1H3,(H,14,15)(H,16,17)(H,18,19)(H,20,21);1H3. The number of carboxylic acids is 4. The number of rotatable bonds is 11. The summed E-state index contributed by atoms with van der Waals surface area (Å²) in [5.41, 5.74) is 0. The van der Waals surface area contributed by atoms with Crippen LogP contribution >= 0.6 is 0 Å². The highest BCUT2D eigenvalue weighted by molar-refractivity contribution is 5.73. The Morgan fingerprint density at radius 2 is 1.09 bits per heavy atom. The second-order valence-corrected chi connectivity index (χ2v) is 4.50. The van der Waals surface area contributed by atoms with E-state index >= 15 is 0 Å². The van der Waals surface area contributed by atoms with Crippen molar-refractivity contribution in [2.45, 2.75) is 13.0 Å². The molecule has 11 nitrogen and oxygen atoms in total. The van der Waals surface area contributed by atoms with Crippen molar-refractivity contribution < 1.29 is 39.6 Å². The average molecular weight is 323 g/mol. The van der Waals surface area contributed by atoms with Crippen molar-refractivity contribution in [3.05, 3.63) is 0 Å². The van der Waals surface area contributed by atoms with Gasteiger partial charge in [0.2, 0.25) is 0 Å². The van der Waals surface area contributed by atoms with E-state index in [1.165, 1.54) is 6.92 Å². The largest absolute Gasteiger partial charge is 0.480 e. The molecule has 11 heteroatoms. The average Bonchev–Trinajstić information content (AvgIpc) is 2.24. The molecule has 0 aromatic heterocycles. The molecule has 0 radical (unpaired) electrons. The Balaban J connectivity index is 0. The Labute approximate surface area is 126 Å². The molecule has 0 bridgehead atoms.